The lowest BCUT2D eigenvalue weighted by molar-refractivity contribution is 0.0381. The predicted octanol–water partition coefficient (Wildman–Crippen LogP) is 0.866. The van der Waals surface area contributed by atoms with Gasteiger partial charge in [0, 0.05) is 41.3 Å². The van der Waals surface area contributed by atoms with Crippen molar-refractivity contribution in [1.29, 1.82) is 0 Å². The standard InChI is InChI=1S/C10H22N4/c1-11-10(12(2)3)13(4)14-8-6-5-7-9-14/h5-9H2,1-4H3. The summed E-state index contributed by atoms with van der Waals surface area (Å²) in [7, 11) is 8.00. The Morgan fingerprint density at radius 2 is 1.64 bits per heavy atom. The first-order valence-corrected chi connectivity index (χ1v) is 5.29. The highest BCUT2D eigenvalue weighted by molar-refractivity contribution is 5.78. The Kier molecular flexibility index (Phi) is 4.20. The van der Waals surface area contributed by atoms with Crippen molar-refractivity contribution < 1.29 is 0 Å². The highest BCUT2D eigenvalue weighted by Gasteiger charge is 2.18. The van der Waals surface area contributed by atoms with Crippen molar-refractivity contribution in [3.63, 3.8) is 0 Å². The van der Waals surface area contributed by atoms with E-state index < -0.39 is 0 Å². The van der Waals surface area contributed by atoms with Gasteiger partial charge in [0.25, 0.3) is 0 Å². The molecule has 1 heterocycles. The molecule has 1 aliphatic heterocycles. The van der Waals surface area contributed by atoms with Crippen LogP contribution in [0.15, 0.2) is 4.99 Å². The van der Waals surface area contributed by atoms with Crippen LogP contribution in [-0.4, -0.2) is 62.2 Å². The Morgan fingerprint density at radius 3 is 2.07 bits per heavy atom. The number of aliphatic imine (C=N–C) groups is 1. The molecule has 0 aromatic rings. The van der Waals surface area contributed by atoms with Crippen LogP contribution in [0.25, 0.3) is 0 Å². The van der Waals surface area contributed by atoms with E-state index in [9.17, 15) is 0 Å². The second-order valence-corrected chi connectivity index (χ2v) is 3.96. The molecule has 0 bridgehead atoms. The third-order valence-electron chi connectivity index (χ3n) is 2.65. The molecule has 0 amide bonds. The van der Waals surface area contributed by atoms with Crippen molar-refractivity contribution in [2.24, 2.45) is 4.99 Å². The summed E-state index contributed by atoms with van der Waals surface area (Å²) in [5.41, 5.74) is 0. The minimum atomic E-state index is 1.02. The van der Waals surface area contributed by atoms with E-state index in [1.54, 1.807) is 0 Å². The predicted molar refractivity (Wildman–Crippen MR) is 60.2 cm³/mol. The lowest BCUT2D eigenvalue weighted by Gasteiger charge is -2.38. The largest absolute Gasteiger partial charge is 0.348 e. The molecule has 4 heteroatoms. The zero-order chi connectivity index (χ0) is 10.6. The quantitative estimate of drug-likeness (QED) is 0.461. The first-order chi connectivity index (χ1) is 6.66. The molecule has 1 aliphatic rings. The van der Waals surface area contributed by atoms with E-state index in [0.717, 1.165) is 19.0 Å². The van der Waals surface area contributed by atoms with Crippen LogP contribution in [0.5, 0.6) is 0 Å². The van der Waals surface area contributed by atoms with Crippen molar-refractivity contribution in [3.05, 3.63) is 0 Å². The molecule has 0 aromatic carbocycles. The van der Waals surface area contributed by atoms with Crippen molar-refractivity contribution in [1.82, 2.24) is 14.9 Å². The summed E-state index contributed by atoms with van der Waals surface area (Å²) >= 11 is 0. The third kappa shape index (κ3) is 2.61. The molecule has 0 spiro atoms. The van der Waals surface area contributed by atoms with Crippen molar-refractivity contribution in [3.8, 4) is 0 Å². The highest BCUT2D eigenvalue weighted by atomic mass is 15.7. The summed E-state index contributed by atoms with van der Waals surface area (Å²) in [6.45, 7) is 2.31. The number of guanidine groups is 1. The molecule has 1 rings (SSSR count). The molecule has 0 aromatic heterocycles. The average molecular weight is 198 g/mol. The van der Waals surface area contributed by atoms with Crippen LogP contribution in [0, 0.1) is 0 Å². The first-order valence-electron chi connectivity index (χ1n) is 5.29. The van der Waals surface area contributed by atoms with Crippen LogP contribution >= 0.6 is 0 Å². The Bertz CT molecular complexity index is 194. The number of hydrogen-bond donors (Lipinski definition) is 0. The lowest BCUT2D eigenvalue weighted by Crippen LogP contribution is -2.50. The van der Waals surface area contributed by atoms with E-state index in [1.165, 1.54) is 19.3 Å². The van der Waals surface area contributed by atoms with E-state index in [0.29, 0.717) is 0 Å². The zero-order valence-electron chi connectivity index (χ0n) is 9.82. The summed E-state index contributed by atoms with van der Waals surface area (Å²) in [5, 5.41) is 4.53. The summed E-state index contributed by atoms with van der Waals surface area (Å²) in [5.74, 6) is 1.02. The van der Waals surface area contributed by atoms with E-state index in [2.05, 4.69) is 27.0 Å². The molecule has 0 N–H and O–H groups in total. The van der Waals surface area contributed by atoms with Crippen molar-refractivity contribution >= 4 is 5.96 Å². The molecule has 14 heavy (non-hydrogen) atoms. The van der Waals surface area contributed by atoms with Crippen LogP contribution < -0.4 is 0 Å². The maximum Gasteiger partial charge on any atom is 0.210 e. The van der Waals surface area contributed by atoms with Gasteiger partial charge in [0.15, 0.2) is 0 Å². The second kappa shape index (κ2) is 5.20. The molecule has 0 saturated carbocycles. The minimum Gasteiger partial charge on any atom is -0.348 e. The smallest absolute Gasteiger partial charge is 0.210 e. The number of rotatable bonds is 1. The Hall–Kier alpha value is -0.770. The van der Waals surface area contributed by atoms with Gasteiger partial charge in [-0.05, 0) is 12.8 Å². The van der Waals surface area contributed by atoms with Crippen molar-refractivity contribution in [2.45, 2.75) is 19.3 Å². The number of hydrogen-bond acceptors (Lipinski definition) is 2. The Balaban J connectivity index is 2.57. The normalized spacial score (nSPS) is 19.6. The van der Waals surface area contributed by atoms with Gasteiger partial charge in [-0.1, -0.05) is 6.42 Å². The number of nitrogens with zero attached hydrogens (tertiary/aromatic N) is 4. The summed E-state index contributed by atoms with van der Waals surface area (Å²) < 4.78 is 0. The molecular weight excluding hydrogens is 176 g/mol. The maximum atomic E-state index is 4.29. The van der Waals surface area contributed by atoms with E-state index in [-0.39, 0.29) is 0 Å². The molecule has 0 aliphatic carbocycles. The topological polar surface area (TPSA) is 22.1 Å². The molecule has 0 radical (unpaired) electrons. The van der Waals surface area contributed by atoms with Gasteiger partial charge in [0.05, 0.1) is 0 Å². The van der Waals surface area contributed by atoms with Gasteiger partial charge in [0.2, 0.25) is 5.96 Å². The van der Waals surface area contributed by atoms with Gasteiger partial charge in [0.1, 0.15) is 0 Å². The van der Waals surface area contributed by atoms with Gasteiger partial charge in [-0.25, -0.2) is 5.01 Å². The maximum absolute atomic E-state index is 4.29. The molecule has 0 unspecified atom stereocenters. The van der Waals surface area contributed by atoms with E-state index >= 15 is 0 Å². The summed E-state index contributed by atoms with van der Waals surface area (Å²) in [6, 6.07) is 0. The van der Waals surface area contributed by atoms with Crippen LogP contribution in [0.1, 0.15) is 19.3 Å². The number of hydrazine groups is 1. The average Bonchev–Trinajstić information content (AvgIpc) is 2.19. The monoisotopic (exact) mass is 198 g/mol. The van der Waals surface area contributed by atoms with Gasteiger partial charge in [-0.15, -0.1) is 0 Å². The van der Waals surface area contributed by atoms with Gasteiger partial charge in [-0.3, -0.25) is 10.0 Å². The Labute approximate surface area is 87.2 Å². The molecule has 82 valence electrons. The van der Waals surface area contributed by atoms with E-state index in [4.69, 9.17) is 0 Å². The lowest BCUT2D eigenvalue weighted by atomic mass is 10.2. The second-order valence-electron chi connectivity index (χ2n) is 3.96. The van der Waals surface area contributed by atoms with Crippen LogP contribution in [0.2, 0.25) is 0 Å². The fourth-order valence-corrected chi connectivity index (χ4v) is 1.94. The highest BCUT2D eigenvalue weighted by Crippen LogP contribution is 2.11. The van der Waals surface area contributed by atoms with Crippen LogP contribution in [-0.2, 0) is 0 Å². The first kappa shape index (κ1) is 11.3. The fourth-order valence-electron chi connectivity index (χ4n) is 1.94. The van der Waals surface area contributed by atoms with Gasteiger partial charge < -0.3 is 4.90 Å². The van der Waals surface area contributed by atoms with Crippen LogP contribution in [0.3, 0.4) is 0 Å². The summed E-state index contributed by atoms with van der Waals surface area (Å²) in [6.07, 6.45) is 3.97. The molecule has 0 atom stereocenters. The molecule has 1 saturated heterocycles. The molecular formula is C10H22N4. The van der Waals surface area contributed by atoms with Gasteiger partial charge >= 0.3 is 0 Å². The SMILES string of the molecule is CN=C(N(C)C)N(C)N1CCCCC1. The molecule has 1 fully saturated rings. The summed E-state index contributed by atoms with van der Waals surface area (Å²) in [4.78, 5) is 6.34. The number of piperidine rings is 1. The zero-order valence-corrected chi connectivity index (χ0v) is 9.82. The van der Waals surface area contributed by atoms with Crippen molar-refractivity contribution in [2.75, 3.05) is 41.3 Å². The third-order valence-corrected chi connectivity index (χ3v) is 2.65. The molecule has 4 nitrogen and oxygen atoms in total. The minimum absolute atomic E-state index is 1.02. The fraction of sp³-hybridized carbons (Fsp3) is 0.900. The Morgan fingerprint density at radius 1 is 1.07 bits per heavy atom. The van der Waals surface area contributed by atoms with E-state index in [1.807, 2.05) is 21.1 Å². The van der Waals surface area contributed by atoms with Crippen LogP contribution in [0.4, 0.5) is 0 Å². The van der Waals surface area contributed by atoms with Gasteiger partial charge in [-0.2, -0.15) is 0 Å².